The second-order valence-electron chi connectivity index (χ2n) is 6.51. The minimum atomic E-state index is 0.120. The van der Waals surface area contributed by atoms with Gasteiger partial charge in [-0.15, -0.1) is 5.10 Å². The Labute approximate surface area is 120 Å². The van der Waals surface area contributed by atoms with Crippen molar-refractivity contribution in [1.82, 2.24) is 19.6 Å². The summed E-state index contributed by atoms with van der Waals surface area (Å²) in [6.45, 7) is 6.41. The molecule has 0 N–H and O–H groups in total. The van der Waals surface area contributed by atoms with Gasteiger partial charge in [-0.3, -0.25) is 0 Å². The van der Waals surface area contributed by atoms with E-state index in [4.69, 9.17) is 10.1 Å². The Morgan fingerprint density at radius 2 is 1.65 bits per heavy atom. The number of hydrogen-bond acceptors (Lipinski definition) is 3. The highest BCUT2D eigenvalue weighted by Crippen LogP contribution is 2.35. The van der Waals surface area contributed by atoms with Crippen molar-refractivity contribution < 1.29 is 0 Å². The summed E-state index contributed by atoms with van der Waals surface area (Å²) in [7, 11) is 0. The predicted molar refractivity (Wildman–Crippen MR) is 79.9 cm³/mol. The van der Waals surface area contributed by atoms with Crippen LogP contribution in [0.25, 0.3) is 5.78 Å². The number of fused-ring (bicyclic) bond motifs is 1. The Morgan fingerprint density at radius 1 is 1.00 bits per heavy atom. The van der Waals surface area contributed by atoms with E-state index in [0.29, 0.717) is 0 Å². The van der Waals surface area contributed by atoms with Crippen LogP contribution in [0.15, 0.2) is 6.07 Å². The molecule has 4 nitrogen and oxygen atoms in total. The molecule has 0 atom stereocenters. The molecule has 1 fully saturated rings. The quantitative estimate of drug-likeness (QED) is 0.794. The van der Waals surface area contributed by atoms with Gasteiger partial charge >= 0.3 is 0 Å². The van der Waals surface area contributed by atoms with Crippen LogP contribution in [0.2, 0.25) is 0 Å². The van der Waals surface area contributed by atoms with Crippen molar-refractivity contribution in [2.24, 2.45) is 0 Å². The van der Waals surface area contributed by atoms with Gasteiger partial charge in [-0.25, -0.2) is 9.50 Å². The number of aryl methyl sites for hydroxylation is 2. The molecule has 20 heavy (non-hydrogen) atoms. The van der Waals surface area contributed by atoms with Gasteiger partial charge < -0.3 is 0 Å². The van der Waals surface area contributed by atoms with Gasteiger partial charge in [0, 0.05) is 16.8 Å². The standard InChI is InChI=1S/C16H24N4/c1-12-11-13(2)20-15(17-12)18-14(19-20)16(3)9-7-5-4-6-8-10-16/h11H,4-10H2,1-3H3. The Balaban J connectivity index is 2.01. The molecule has 3 rings (SSSR count). The van der Waals surface area contributed by atoms with E-state index in [1.165, 1.54) is 44.9 Å². The molecule has 2 aromatic heterocycles. The highest BCUT2D eigenvalue weighted by molar-refractivity contribution is 5.32. The molecule has 1 saturated carbocycles. The lowest BCUT2D eigenvalue weighted by Gasteiger charge is -2.28. The molecule has 0 aliphatic heterocycles. The van der Waals surface area contributed by atoms with Gasteiger partial charge in [-0.2, -0.15) is 4.98 Å². The van der Waals surface area contributed by atoms with Gasteiger partial charge in [0.2, 0.25) is 0 Å². The number of aromatic nitrogens is 4. The van der Waals surface area contributed by atoms with Gasteiger partial charge in [-0.05, 0) is 32.8 Å². The van der Waals surface area contributed by atoms with Gasteiger partial charge in [-0.1, -0.05) is 39.0 Å². The topological polar surface area (TPSA) is 43.1 Å². The van der Waals surface area contributed by atoms with E-state index < -0.39 is 0 Å². The number of nitrogens with zero attached hydrogens (tertiary/aromatic N) is 4. The van der Waals surface area contributed by atoms with Crippen LogP contribution in [0.5, 0.6) is 0 Å². The van der Waals surface area contributed by atoms with Gasteiger partial charge in [0.25, 0.3) is 5.78 Å². The fourth-order valence-corrected chi connectivity index (χ4v) is 3.33. The normalized spacial score (nSPS) is 19.8. The van der Waals surface area contributed by atoms with Gasteiger partial charge in [0.1, 0.15) is 0 Å². The Kier molecular flexibility index (Phi) is 3.48. The van der Waals surface area contributed by atoms with Crippen LogP contribution in [-0.4, -0.2) is 19.6 Å². The minimum Gasteiger partial charge on any atom is -0.216 e. The minimum absolute atomic E-state index is 0.120. The lowest BCUT2D eigenvalue weighted by atomic mass is 9.77. The third-order valence-corrected chi connectivity index (χ3v) is 4.62. The molecule has 2 heterocycles. The Bertz CT molecular complexity index is 606. The van der Waals surface area contributed by atoms with Gasteiger partial charge in [0.05, 0.1) is 0 Å². The average Bonchev–Trinajstić information content (AvgIpc) is 2.79. The summed E-state index contributed by atoms with van der Waals surface area (Å²) in [5.41, 5.74) is 2.24. The number of hydrogen-bond donors (Lipinski definition) is 0. The van der Waals surface area contributed by atoms with E-state index in [9.17, 15) is 0 Å². The third kappa shape index (κ3) is 2.43. The molecule has 0 saturated heterocycles. The molecule has 0 amide bonds. The van der Waals surface area contributed by atoms with Crippen molar-refractivity contribution in [1.29, 1.82) is 0 Å². The summed E-state index contributed by atoms with van der Waals surface area (Å²) < 4.78 is 1.90. The first-order valence-corrected chi connectivity index (χ1v) is 7.80. The zero-order valence-electron chi connectivity index (χ0n) is 12.8. The number of rotatable bonds is 1. The van der Waals surface area contributed by atoms with Crippen molar-refractivity contribution in [3.63, 3.8) is 0 Å². The summed E-state index contributed by atoms with van der Waals surface area (Å²) in [4.78, 5) is 9.26. The van der Waals surface area contributed by atoms with Crippen LogP contribution in [0.4, 0.5) is 0 Å². The summed E-state index contributed by atoms with van der Waals surface area (Å²) in [5, 5.41) is 4.76. The molecule has 0 bridgehead atoms. The maximum absolute atomic E-state index is 4.76. The fourth-order valence-electron chi connectivity index (χ4n) is 3.33. The van der Waals surface area contributed by atoms with Crippen molar-refractivity contribution in [2.75, 3.05) is 0 Å². The Morgan fingerprint density at radius 3 is 2.35 bits per heavy atom. The Hall–Kier alpha value is -1.45. The fraction of sp³-hybridized carbons (Fsp3) is 0.688. The van der Waals surface area contributed by atoms with Crippen LogP contribution >= 0.6 is 0 Å². The molecular formula is C16H24N4. The summed E-state index contributed by atoms with van der Waals surface area (Å²) >= 11 is 0. The second kappa shape index (κ2) is 5.15. The molecule has 1 aliphatic rings. The zero-order valence-corrected chi connectivity index (χ0v) is 12.8. The van der Waals surface area contributed by atoms with E-state index >= 15 is 0 Å². The molecule has 0 radical (unpaired) electrons. The smallest absolute Gasteiger partial charge is 0.216 e. The van der Waals surface area contributed by atoms with Crippen molar-refractivity contribution in [3.8, 4) is 0 Å². The van der Waals surface area contributed by atoms with E-state index in [1.54, 1.807) is 0 Å². The summed E-state index contributed by atoms with van der Waals surface area (Å²) in [6.07, 6.45) is 9.05. The predicted octanol–water partition coefficient (Wildman–Crippen LogP) is 3.74. The summed E-state index contributed by atoms with van der Waals surface area (Å²) in [6, 6.07) is 2.06. The zero-order chi connectivity index (χ0) is 14.2. The maximum Gasteiger partial charge on any atom is 0.252 e. The molecule has 1 aliphatic carbocycles. The van der Waals surface area contributed by atoms with E-state index in [2.05, 4.69) is 24.9 Å². The first-order valence-electron chi connectivity index (χ1n) is 7.80. The van der Waals surface area contributed by atoms with E-state index in [1.807, 2.05) is 11.4 Å². The molecule has 108 valence electrons. The van der Waals surface area contributed by atoms with E-state index in [-0.39, 0.29) is 5.41 Å². The molecular weight excluding hydrogens is 248 g/mol. The first-order chi connectivity index (χ1) is 9.58. The largest absolute Gasteiger partial charge is 0.252 e. The SMILES string of the molecule is Cc1cc(C)n2nc(C3(C)CCCCCCC3)nc2n1. The molecule has 0 aromatic carbocycles. The third-order valence-electron chi connectivity index (χ3n) is 4.62. The molecule has 0 unspecified atom stereocenters. The lowest BCUT2D eigenvalue weighted by molar-refractivity contribution is 0.325. The van der Waals surface area contributed by atoms with Crippen molar-refractivity contribution in [3.05, 3.63) is 23.3 Å². The van der Waals surface area contributed by atoms with Gasteiger partial charge in [0.15, 0.2) is 5.82 Å². The molecule has 0 spiro atoms. The van der Waals surface area contributed by atoms with Crippen LogP contribution in [-0.2, 0) is 5.41 Å². The lowest BCUT2D eigenvalue weighted by Crippen LogP contribution is -2.25. The van der Waals surface area contributed by atoms with Crippen LogP contribution in [0, 0.1) is 13.8 Å². The monoisotopic (exact) mass is 272 g/mol. The molecule has 2 aromatic rings. The maximum atomic E-state index is 4.76. The second-order valence-corrected chi connectivity index (χ2v) is 6.51. The first kappa shape index (κ1) is 13.5. The average molecular weight is 272 g/mol. The van der Waals surface area contributed by atoms with Crippen LogP contribution < -0.4 is 0 Å². The van der Waals surface area contributed by atoms with Crippen molar-refractivity contribution in [2.45, 2.75) is 71.1 Å². The van der Waals surface area contributed by atoms with Crippen LogP contribution in [0.3, 0.4) is 0 Å². The highest BCUT2D eigenvalue weighted by atomic mass is 15.3. The highest BCUT2D eigenvalue weighted by Gasteiger charge is 2.31. The van der Waals surface area contributed by atoms with Crippen molar-refractivity contribution >= 4 is 5.78 Å². The molecule has 4 heteroatoms. The van der Waals surface area contributed by atoms with E-state index in [0.717, 1.165) is 23.0 Å². The summed E-state index contributed by atoms with van der Waals surface area (Å²) in [5.74, 6) is 1.74. The van der Waals surface area contributed by atoms with Crippen LogP contribution in [0.1, 0.15) is 69.1 Å².